The van der Waals surface area contributed by atoms with E-state index in [0.29, 0.717) is 25.2 Å². The second kappa shape index (κ2) is 8.07. The Kier molecular flexibility index (Phi) is 5.82. The maximum absolute atomic E-state index is 13.0. The van der Waals surface area contributed by atoms with E-state index in [1.54, 1.807) is 10.5 Å². The Labute approximate surface area is 147 Å². The van der Waals surface area contributed by atoms with Gasteiger partial charge in [-0.2, -0.15) is 5.10 Å². The summed E-state index contributed by atoms with van der Waals surface area (Å²) in [6.45, 7) is 4.26. The molecule has 1 aromatic heterocycles. The van der Waals surface area contributed by atoms with Gasteiger partial charge >= 0.3 is 0 Å². The molecule has 2 aromatic rings. The Bertz CT molecular complexity index is 762. The molecule has 6 nitrogen and oxygen atoms in total. The van der Waals surface area contributed by atoms with E-state index in [-0.39, 0.29) is 11.6 Å². The molecule has 1 aliphatic rings. The Morgan fingerprint density at radius 1 is 1.04 bits per heavy atom. The molecule has 1 saturated heterocycles. The summed E-state index contributed by atoms with van der Waals surface area (Å²) in [7, 11) is -3.39. The third kappa shape index (κ3) is 5.10. The van der Waals surface area contributed by atoms with Crippen LogP contribution in [0.25, 0.3) is 0 Å². The largest absolute Gasteiger partial charge is 0.300 e. The number of aromatic nitrogens is 2. The first kappa shape index (κ1) is 18.0. The van der Waals surface area contributed by atoms with E-state index >= 15 is 0 Å². The number of halogens is 1. The van der Waals surface area contributed by atoms with Gasteiger partial charge in [-0.15, -0.1) is 0 Å². The van der Waals surface area contributed by atoms with Crippen LogP contribution < -0.4 is 0 Å². The molecule has 1 aliphatic heterocycles. The number of hydrogen-bond donors (Lipinski definition) is 0. The van der Waals surface area contributed by atoms with Gasteiger partial charge in [0.15, 0.2) is 0 Å². The van der Waals surface area contributed by atoms with Crippen LogP contribution in [0, 0.1) is 5.82 Å². The Morgan fingerprint density at radius 3 is 2.56 bits per heavy atom. The molecule has 0 aliphatic carbocycles. The maximum Gasteiger partial charge on any atom is 0.218 e. The molecular weight excluding hydrogens is 343 g/mol. The number of rotatable bonds is 6. The lowest BCUT2D eigenvalue weighted by atomic mass is 10.2. The summed E-state index contributed by atoms with van der Waals surface area (Å²) in [6, 6.07) is 7.54. The van der Waals surface area contributed by atoms with Crippen molar-refractivity contribution in [3.8, 4) is 0 Å². The van der Waals surface area contributed by atoms with Gasteiger partial charge in [-0.25, -0.2) is 17.1 Å². The molecule has 8 heteroatoms. The van der Waals surface area contributed by atoms with Gasteiger partial charge in [0.2, 0.25) is 10.0 Å². The molecule has 0 N–H and O–H groups in total. The lowest BCUT2D eigenvalue weighted by Gasteiger charge is -2.21. The van der Waals surface area contributed by atoms with Crippen molar-refractivity contribution in [2.24, 2.45) is 0 Å². The van der Waals surface area contributed by atoms with Crippen molar-refractivity contribution in [3.05, 3.63) is 54.1 Å². The van der Waals surface area contributed by atoms with Crippen LogP contribution in [0.5, 0.6) is 0 Å². The molecule has 0 spiro atoms. The molecular formula is C17H23FN4O2S. The van der Waals surface area contributed by atoms with Crippen molar-refractivity contribution < 1.29 is 12.8 Å². The van der Waals surface area contributed by atoms with Gasteiger partial charge in [-0.3, -0.25) is 4.68 Å². The zero-order valence-corrected chi connectivity index (χ0v) is 14.9. The van der Waals surface area contributed by atoms with Gasteiger partial charge in [0, 0.05) is 38.6 Å². The minimum Gasteiger partial charge on any atom is -0.300 e. The van der Waals surface area contributed by atoms with E-state index in [1.807, 2.05) is 16.9 Å². The second-order valence-corrected chi connectivity index (χ2v) is 8.21. The highest BCUT2D eigenvalue weighted by atomic mass is 32.2. The first-order chi connectivity index (χ1) is 12.0. The van der Waals surface area contributed by atoms with Gasteiger partial charge in [0.05, 0.1) is 12.3 Å². The van der Waals surface area contributed by atoms with Crippen LogP contribution in [0.1, 0.15) is 12.0 Å². The summed E-state index contributed by atoms with van der Waals surface area (Å²) in [6.07, 6.45) is 4.49. The number of nitrogens with zero attached hydrogens (tertiary/aromatic N) is 4. The van der Waals surface area contributed by atoms with Crippen LogP contribution in [-0.4, -0.2) is 60.1 Å². The fraction of sp³-hybridized carbons (Fsp3) is 0.471. The van der Waals surface area contributed by atoms with E-state index in [2.05, 4.69) is 10.00 Å². The molecule has 0 saturated carbocycles. The average Bonchev–Trinajstić information content (AvgIpc) is 2.98. The van der Waals surface area contributed by atoms with Crippen molar-refractivity contribution in [3.63, 3.8) is 0 Å². The molecule has 1 fully saturated rings. The number of sulfonamides is 1. The molecule has 136 valence electrons. The fourth-order valence-corrected chi connectivity index (χ4v) is 4.57. The van der Waals surface area contributed by atoms with E-state index in [9.17, 15) is 12.8 Å². The van der Waals surface area contributed by atoms with Gasteiger partial charge < -0.3 is 4.90 Å². The van der Waals surface area contributed by atoms with Crippen molar-refractivity contribution in [2.75, 3.05) is 32.7 Å². The van der Waals surface area contributed by atoms with E-state index < -0.39 is 10.0 Å². The van der Waals surface area contributed by atoms with Gasteiger partial charge in [-0.05, 0) is 36.7 Å². The maximum atomic E-state index is 13.0. The smallest absolute Gasteiger partial charge is 0.218 e. The minimum atomic E-state index is -3.39. The SMILES string of the molecule is O=S(=O)(Cc1ccc(F)cc1)N1CCCN(CCn2cccn2)CC1. The highest BCUT2D eigenvalue weighted by molar-refractivity contribution is 7.88. The number of hydrogen-bond acceptors (Lipinski definition) is 4. The highest BCUT2D eigenvalue weighted by Crippen LogP contribution is 2.14. The van der Waals surface area contributed by atoms with Crippen LogP contribution in [0.3, 0.4) is 0 Å². The molecule has 0 radical (unpaired) electrons. The van der Waals surface area contributed by atoms with E-state index in [1.165, 1.54) is 24.3 Å². The fourth-order valence-electron chi connectivity index (χ4n) is 3.01. The Morgan fingerprint density at radius 2 is 1.84 bits per heavy atom. The van der Waals surface area contributed by atoms with Crippen LogP contribution in [-0.2, 0) is 22.3 Å². The van der Waals surface area contributed by atoms with Crippen LogP contribution in [0.15, 0.2) is 42.7 Å². The minimum absolute atomic E-state index is 0.0828. The summed E-state index contributed by atoms with van der Waals surface area (Å²) in [5, 5.41) is 4.19. The quantitative estimate of drug-likeness (QED) is 0.779. The third-order valence-electron chi connectivity index (χ3n) is 4.41. The molecule has 0 bridgehead atoms. The van der Waals surface area contributed by atoms with Gasteiger partial charge in [-0.1, -0.05) is 12.1 Å². The standard InChI is InChI=1S/C17H23FN4O2S/c18-17-5-3-16(4-6-17)15-25(23,24)22-10-2-8-20(12-14-22)11-13-21-9-1-7-19-21/h1,3-7,9H,2,8,10-15H2. The summed E-state index contributed by atoms with van der Waals surface area (Å²) < 4.78 is 41.7. The second-order valence-electron chi connectivity index (χ2n) is 6.25. The Hall–Kier alpha value is -1.77. The first-order valence-corrected chi connectivity index (χ1v) is 10.1. The third-order valence-corrected chi connectivity index (χ3v) is 6.26. The molecule has 0 atom stereocenters. The Balaban J connectivity index is 1.55. The van der Waals surface area contributed by atoms with Crippen LogP contribution in [0.2, 0.25) is 0 Å². The molecule has 2 heterocycles. The predicted octanol–water partition coefficient (Wildman–Crippen LogP) is 1.56. The first-order valence-electron chi connectivity index (χ1n) is 8.45. The average molecular weight is 366 g/mol. The zero-order valence-electron chi connectivity index (χ0n) is 14.1. The molecule has 3 rings (SSSR count). The topological polar surface area (TPSA) is 58.4 Å². The van der Waals surface area contributed by atoms with Gasteiger partial charge in [0.25, 0.3) is 0 Å². The van der Waals surface area contributed by atoms with Crippen LogP contribution in [0.4, 0.5) is 4.39 Å². The van der Waals surface area contributed by atoms with Crippen LogP contribution >= 0.6 is 0 Å². The molecule has 0 amide bonds. The van der Waals surface area contributed by atoms with Crippen molar-refractivity contribution >= 4 is 10.0 Å². The normalized spacial score (nSPS) is 17.5. The molecule has 0 unspecified atom stereocenters. The van der Waals surface area contributed by atoms with E-state index in [0.717, 1.165) is 26.1 Å². The monoisotopic (exact) mass is 366 g/mol. The predicted molar refractivity (Wildman–Crippen MR) is 93.9 cm³/mol. The zero-order chi connectivity index (χ0) is 17.7. The lowest BCUT2D eigenvalue weighted by Crippen LogP contribution is -2.36. The van der Waals surface area contributed by atoms with Gasteiger partial charge in [0.1, 0.15) is 5.82 Å². The van der Waals surface area contributed by atoms with Crippen molar-refractivity contribution in [1.82, 2.24) is 19.0 Å². The number of benzene rings is 1. The molecule has 1 aromatic carbocycles. The van der Waals surface area contributed by atoms with Crippen molar-refractivity contribution in [2.45, 2.75) is 18.7 Å². The summed E-state index contributed by atoms with van der Waals surface area (Å²) >= 11 is 0. The molecule has 25 heavy (non-hydrogen) atoms. The lowest BCUT2D eigenvalue weighted by molar-refractivity contribution is 0.270. The van der Waals surface area contributed by atoms with E-state index in [4.69, 9.17) is 0 Å². The summed E-state index contributed by atoms with van der Waals surface area (Å²) in [5.41, 5.74) is 0.612. The van der Waals surface area contributed by atoms with Crippen molar-refractivity contribution in [1.29, 1.82) is 0 Å². The highest BCUT2D eigenvalue weighted by Gasteiger charge is 2.25. The summed E-state index contributed by atoms with van der Waals surface area (Å²) in [5.74, 6) is -0.440. The summed E-state index contributed by atoms with van der Waals surface area (Å²) in [4.78, 5) is 2.27.